The molecule has 0 unspecified atom stereocenters. The average Bonchev–Trinajstić information content (AvgIpc) is 2.99. The predicted octanol–water partition coefficient (Wildman–Crippen LogP) is 2.18. The van der Waals surface area contributed by atoms with Crippen LogP contribution in [0.4, 0.5) is 0 Å². The van der Waals surface area contributed by atoms with Crippen molar-refractivity contribution < 1.29 is 0 Å². The van der Waals surface area contributed by atoms with Crippen LogP contribution >= 0.6 is 0 Å². The molecular weight excluding hydrogens is 158 g/mol. The van der Waals surface area contributed by atoms with E-state index in [1.54, 1.807) is 0 Å². The predicted molar refractivity (Wildman–Crippen MR) is 55.3 cm³/mol. The maximum Gasteiger partial charge on any atom is 0.0124 e. The van der Waals surface area contributed by atoms with Crippen LogP contribution in [0.1, 0.15) is 38.5 Å². The van der Waals surface area contributed by atoms with E-state index >= 15 is 0 Å². The Bertz CT molecular complexity index is 184. The molecule has 0 aromatic carbocycles. The van der Waals surface area contributed by atoms with Crippen molar-refractivity contribution in [3.8, 4) is 12.3 Å². The van der Waals surface area contributed by atoms with Crippen LogP contribution in [0, 0.1) is 24.2 Å². The first kappa shape index (κ1) is 9.09. The number of hydrogen-bond donors (Lipinski definition) is 1. The number of hydrogen-bond acceptors (Lipinski definition) is 1. The normalized spacial score (nSPS) is 21.8. The molecular formula is C12H19N. The second-order valence-electron chi connectivity index (χ2n) is 4.46. The Morgan fingerprint density at radius 2 is 1.85 bits per heavy atom. The van der Waals surface area contributed by atoms with Crippen molar-refractivity contribution in [3.05, 3.63) is 0 Å². The Kier molecular flexibility index (Phi) is 2.90. The van der Waals surface area contributed by atoms with Gasteiger partial charge in [-0.2, -0.15) is 0 Å². The quantitative estimate of drug-likeness (QED) is 0.484. The third-order valence-corrected chi connectivity index (χ3v) is 3.14. The van der Waals surface area contributed by atoms with Crippen molar-refractivity contribution in [1.29, 1.82) is 0 Å². The highest BCUT2D eigenvalue weighted by Gasteiger charge is 2.40. The van der Waals surface area contributed by atoms with Gasteiger partial charge in [0.2, 0.25) is 0 Å². The minimum atomic E-state index is 0.845. The molecule has 0 saturated heterocycles. The monoisotopic (exact) mass is 177 g/mol. The van der Waals surface area contributed by atoms with Gasteiger partial charge in [0.1, 0.15) is 0 Å². The average molecular weight is 177 g/mol. The van der Waals surface area contributed by atoms with Crippen LogP contribution in [0.15, 0.2) is 0 Å². The lowest BCUT2D eigenvalue weighted by molar-refractivity contribution is 0.415. The van der Waals surface area contributed by atoms with Gasteiger partial charge >= 0.3 is 0 Å². The lowest BCUT2D eigenvalue weighted by Gasteiger charge is -2.16. The third-order valence-electron chi connectivity index (χ3n) is 3.14. The number of terminal acetylenes is 1. The van der Waals surface area contributed by atoms with Crippen LogP contribution in [0.25, 0.3) is 0 Å². The molecule has 2 saturated carbocycles. The van der Waals surface area contributed by atoms with Crippen molar-refractivity contribution >= 4 is 0 Å². The molecule has 2 fully saturated rings. The zero-order valence-electron chi connectivity index (χ0n) is 8.26. The van der Waals surface area contributed by atoms with Gasteiger partial charge in [0, 0.05) is 12.5 Å². The van der Waals surface area contributed by atoms with Crippen molar-refractivity contribution in [3.63, 3.8) is 0 Å². The van der Waals surface area contributed by atoms with E-state index in [1.807, 2.05) is 0 Å². The molecule has 0 bridgehead atoms. The van der Waals surface area contributed by atoms with E-state index in [-0.39, 0.29) is 0 Å². The summed E-state index contributed by atoms with van der Waals surface area (Å²) in [6.07, 6.45) is 13.1. The van der Waals surface area contributed by atoms with Gasteiger partial charge in [-0.05, 0) is 50.5 Å². The SMILES string of the molecule is C#CCCCNC(C1CC1)C1CC1. The Labute approximate surface area is 81.3 Å². The number of rotatable bonds is 6. The number of unbranched alkanes of at least 4 members (excludes halogenated alkanes) is 1. The first-order valence-corrected chi connectivity index (χ1v) is 5.58. The summed E-state index contributed by atoms with van der Waals surface area (Å²) in [5.74, 6) is 4.72. The molecule has 0 aromatic rings. The summed E-state index contributed by atoms with van der Waals surface area (Å²) < 4.78 is 0. The molecule has 1 N–H and O–H groups in total. The van der Waals surface area contributed by atoms with Crippen LogP contribution in [0.2, 0.25) is 0 Å². The van der Waals surface area contributed by atoms with E-state index in [4.69, 9.17) is 6.42 Å². The van der Waals surface area contributed by atoms with Gasteiger partial charge in [0.05, 0.1) is 0 Å². The smallest absolute Gasteiger partial charge is 0.0124 e. The zero-order chi connectivity index (χ0) is 9.10. The fourth-order valence-corrected chi connectivity index (χ4v) is 2.09. The standard InChI is InChI=1S/C12H19N/c1-2-3-4-9-13-12(10-5-6-10)11-7-8-11/h1,10-13H,3-9H2. The summed E-state index contributed by atoms with van der Waals surface area (Å²) in [7, 11) is 0. The highest BCUT2D eigenvalue weighted by atomic mass is 14.9. The molecule has 0 amide bonds. The molecule has 0 spiro atoms. The number of nitrogens with one attached hydrogen (secondary N) is 1. The fraction of sp³-hybridized carbons (Fsp3) is 0.833. The maximum atomic E-state index is 5.21. The Morgan fingerprint density at radius 3 is 2.31 bits per heavy atom. The van der Waals surface area contributed by atoms with Crippen molar-refractivity contribution in [2.75, 3.05) is 6.54 Å². The maximum absolute atomic E-state index is 5.21. The van der Waals surface area contributed by atoms with Crippen molar-refractivity contribution in [2.24, 2.45) is 11.8 Å². The topological polar surface area (TPSA) is 12.0 Å². The van der Waals surface area contributed by atoms with Gasteiger partial charge in [0.15, 0.2) is 0 Å². The van der Waals surface area contributed by atoms with Gasteiger partial charge in [-0.3, -0.25) is 0 Å². The lowest BCUT2D eigenvalue weighted by Crippen LogP contribution is -2.33. The summed E-state index contributed by atoms with van der Waals surface area (Å²) in [5.41, 5.74) is 0. The molecule has 0 aromatic heterocycles. The van der Waals surface area contributed by atoms with Crippen molar-refractivity contribution in [1.82, 2.24) is 5.32 Å². The fourth-order valence-electron chi connectivity index (χ4n) is 2.09. The van der Waals surface area contributed by atoms with Crippen LogP contribution in [-0.4, -0.2) is 12.6 Å². The van der Waals surface area contributed by atoms with Gasteiger partial charge in [-0.15, -0.1) is 12.3 Å². The summed E-state index contributed by atoms with van der Waals surface area (Å²) in [5, 5.41) is 3.68. The minimum absolute atomic E-state index is 0.845. The van der Waals surface area contributed by atoms with E-state index in [2.05, 4.69) is 11.2 Å². The van der Waals surface area contributed by atoms with E-state index in [9.17, 15) is 0 Å². The van der Waals surface area contributed by atoms with Crippen LogP contribution in [0.3, 0.4) is 0 Å². The highest BCUT2D eigenvalue weighted by Crippen LogP contribution is 2.44. The summed E-state index contributed by atoms with van der Waals surface area (Å²) in [6, 6.07) is 0.845. The second-order valence-corrected chi connectivity index (χ2v) is 4.46. The highest BCUT2D eigenvalue weighted by molar-refractivity contribution is 4.96. The van der Waals surface area contributed by atoms with E-state index in [0.717, 1.165) is 37.3 Å². The Morgan fingerprint density at radius 1 is 1.23 bits per heavy atom. The summed E-state index contributed by atoms with van der Waals surface area (Å²) in [6.45, 7) is 1.13. The van der Waals surface area contributed by atoms with Gasteiger partial charge in [-0.25, -0.2) is 0 Å². The summed E-state index contributed by atoms with van der Waals surface area (Å²) >= 11 is 0. The molecule has 13 heavy (non-hydrogen) atoms. The van der Waals surface area contributed by atoms with Crippen LogP contribution in [0.5, 0.6) is 0 Å². The lowest BCUT2D eigenvalue weighted by atomic mass is 10.1. The first-order valence-electron chi connectivity index (χ1n) is 5.58. The van der Waals surface area contributed by atoms with E-state index < -0.39 is 0 Å². The van der Waals surface area contributed by atoms with Crippen LogP contribution in [-0.2, 0) is 0 Å². The molecule has 2 aliphatic rings. The zero-order valence-corrected chi connectivity index (χ0v) is 8.26. The molecule has 0 radical (unpaired) electrons. The molecule has 2 aliphatic carbocycles. The van der Waals surface area contributed by atoms with Crippen molar-refractivity contribution in [2.45, 2.75) is 44.6 Å². The van der Waals surface area contributed by atoms with Gasteiger partial charge in [0.25, 0.3) is 0 Å². The van der Waals surface area contributed by atoms with Gasteiger partial charge < -0.3 is 5.32 Å². The molecule has 2 rings (SSSR count). The first-order chi connectivity index (χ1) is 6.42. The second kappa shape index (κ2) is 4.15. The largest absolute Gasteiger partial charge is 0.313 e. The van der Waals surface area contributed by atoms with Gasteiger partial charge in [-0.1, -0.05) is 0 Å². The van der Waals surface area contributed by atoms with E-state index in [0.29, 0.717) is 0 Å². The molecule has 0 heterocycles. The summed E-state index contributed by atoms with van der Waals surface area (Å²) in [4.78, 5) is 0. The molecule has 1 heteroatoms. The third kappa shape index (κ3) is 2.74. The minimum Gasteiger partial charge on any atom is -0.313 e. The van der Waals surface area contributed by atoms with E-state index in [1.165, 1.54) is 25.7 Å². The van der Waals surface area contributed by atoms with Crippen LogP contribution < -0.4 is 5.32 Å². The molecule has 72 valence electrons. The Balaban J connectivity index is 1.62. The molecule has 1 nitrogen and oxygen atoms in total. The molecule has 0 atom stereocenters. The Hall–Kier alpha value is -0.480. The molecule has 0 aliphatic heterocycles.